The molecule has 1 aromatic heterocycles. The number of nitrogens with zero attached hydrogens (tertiary/aromatic N) is 2. The van der Waals surface area contributed by atoms with E-state index in [0.29, 0.717) is 0 Å². The minimum atomic E-state index is -4.66. The highest BCUT2D eigenvalue weighted by Crippen LogP contribution is 2.26. The van der Waals surface area contributed by atoms with Crippen molar-refractivity contribution < 1.29 is 26.1 Å². The first-order valence-electron chi connectivity index (χ1n) is 5.10. The van der Waals surface area contributed by atoms with Crippen LogP contribution in [0.1, 0.15) is 11.7 Å². The summed E-state index contributed by atoms with van der Waals surface area (Å²) in [6, 6.07) is -0.495. The van der Waals surface area contributed by atoms with E-state index in [1.165, 1.54) is 0 Å². The normalized spacial score (nSPS) is 24.1. The Morgan fingerprint density at radius 1 is 1.44 bits per heavy atom. The highest BCUT2D eigenvalue weighted by atomic mass is 32.2. The number of halogens is 3. The Kier molecular flexibility index (Phi) is 3.32. The Morgan fingerprint density at radius 3 is 2.72 bits per heavy atom. The number of alkyl halides is 3. The molecule has 2 heterocycles. The molecular weight excluding hydrogens is 275 g/mol. The zero-order valence-electron chi connectivity index (χ0n) is 9.07. The molecule has 0 radical (unpaired) electrons. The lowest BCUT2D eigenvalue weighted by atomic mass is 10.2. The molecule has 1 aliphatic heterocycles. The number of nitrogens with one attached hydrogen (secondary N) is 1. The molecule has 0 bridgehead atoms. The lowest BCUT2D eigenvalue weighted by Crippen LogP contribution is -2.46. The molecule has 1 saturated heterocycles. The number of hydrogen-bond acceptors (Lipinski definition) is 6. The Morgan fingerprint density at radius 2 is 2.17 bits per heavy atom. The minimum Gasteiger partial charge on any atom is -0.339 e. The van der Waals surface area contributed by atoms with Crippen molar-refractivity contribution in [1.29, 1.82) is 0 Å². The Bertz CT molecular complexity index is 525. The highest BCUT2D eigenvalue weighted by molar-refractivity contribution is 7.91. The van der Waals surface area contributed by atoms with Crippen molar-refractivity contribution in [2.45, 2.75) is 18.6 Å². The van der Waals surface area contributed by atoms with Gasteiger partial charge in [-0.15, -0.1) is 0 Å². The van der Waals surface area contributed by atoms with Crippen molar-refractivity contribution in [2.75, 3.05) is 18.1 Å². The van der Waals surface area contributed by atoms with Gasteiger partial charge in [-0.1, -0.05) is 5.16 Å². The summed E-state index contributed by atoms with van der Waals surface area (Å²) >= 11 is 0. The molecule has 0 saturated carbocycles. The van der Waals surface area contributed by atoms with Gasteiger partial charge in [0.05, 0.1) is 11.5 Å². The average Bonchev–Trinajstić information content (AvgIpc) is 2.63. The maximum Gasteiger partial charge on any atom is 0.455 e. The van der Waals surface area contributed by atoms with Crippen LogP contribution in [0.5, 0.6) is 0 Å². The SMILES string of the molecule is O=S1(=O)CCNC(Cc2nc(C(F)(F)F)no2)C1. The molecule has 2 rings (SSSR count). The van der Waals surface area contributed by atoms with Gasteiger partial charge in [-0.05, 0) is 0 Å². The van der Waals surface area contributed by atoms with Gasteiger partial charge in [0, 0.05) is 19.0 Å². The van der Waals surface area contributed by atoms with Gasteiger partial charge in [0.1, 0.15) is 0 Å². The van der Waals surface area contributed by atoms with Gasteiger partial charge in [-0.25, -0.2) is 8.42 Å². The predicted octanol–water partition coefficient (Wildman–Crippen LogP) is 0.0175. The lowest BCUT2D eigenvalue weighted by molar-refractivity contribution is -0.146. The van der Waals surface area contributed by atoms with Crippen molar-refractivity contribution in [2.24, 2.45) is 0 Å². The van der Waals surface area contributed by atoms with Crippen LogP contribution in [0.3, 0.4) is 0 Å². The second-order valence-electron chi connectivity index (χ2n) is 3.98. The molecule has 0 spiro atoms. The number of aromatic nitrogens is 2. The molecule has 1 unspecified atom stereocenters. The van der Waals surface area contributed by atoms with Crippen molar-refractivity contribution in [3.63, 3.8) is 0 Å². The molecular formula is C8H10F3N3O3S. The van der Waals surface area contributed by atoms with Crippen LogP contribution in [0, 0.1) is 0 Å². The van der Waals surface area contributed by atoms with Crippen LogP contribution >= 0.6 is 0 Å². The Hall–Kier alpha value is -1.16. The molecule has 18 heavy (non-hydrogen) atoms. The molecule has 6 nitrogen and oxygen atoms in total. The molecule has 102 valence electrons. The van der Waals surface area contributed by atoms with E-state index in [2.05, 4.69) is 20.0 Å². The van der Waals surface area contributed by atoms with Gasteiger partial charge in [0.15, 0.2) is 9.84 Å². The van der Waals surface area contributed by atoms with E-state index in [0.717, 1.165) is 0 Å². The average molecular weight is 285 g/mol. The van der Waals surface area contributed by atoms with Gasteiger partial charge < -0.3 is 9.84 Å². The van der Waals surface area contributed by atoms with Crippen molar-refractivity contribution in [3.8, 4) is 0 Å². The predicted molar refractivity (Wildman–Crippen MR) is 53.4 cm³/mol. The Balaban J connectivity index is 2.04. The maximum absolute atomic E-state index is 12.2. The number of rotatable bonds is 2. The summed E-state index contributed by atoms with van der Waals surface area (Å²) in [6.45, 7) is 0.271. The monoisotopic (exact) mass is 285 g/mol. The number of hydrogen-bond donors (Lipinski definition) is 1. The zero-order valence-corrected chi connectivity index (χ0v) is 9.88. The number of sulfone groups is 1. The van der Waals surface area contributed by atoms with Crippen LogP contribution in [0.15, 0.2) is 4.52 Å². The lowest BCUT2D eigenvalue weighted by Gasteiger charge is -2.21. The zero-order chi connectivity index (χ0) is 13.4. The summed E-state index contributed by atoms with van der Waals surface area (Å²) in [5.74, 6) is -1.69. The fraction of sp³-hybridized carbons (Fsp3) is 0.750. The van der Waals surface area contributed by atoms with Gasteiger partial charge in [0.2, 0.25) is 5.89 Å². The van der Waals surface area contributed by atoms with E-state index in [4.69, 9.17) is 0 Å². The third kappa shape index (κ3) is 3.19. The molecule has 0 amide bonds. The second kappa shape index (κ2) is 4.50. The molecule has 1 N–H and O–H groups in total. The summed E-state index contributed by atoms with van der Waals surface area (Å²) in [4.78, 5) is 3.19. The van der Waals surface area contributed by atoms with Crippen molar-refractivity contribution >= 4 is 9.84 Å². The largest absolute Gasteiger partial charge is 0.455 e. The van der Waals surface area contributed by atoms with Crippen molar-refractivity contribution in [3.05, 3.63) is 11.7 Å². The smallest absolute Gasteiger partial charge is 0.339 e. The minimum absolute atomic E-state index is 0.0289. The highest BCUT2D eigenvalue weighted by Gasteiger charge is 2.37. The van der Waals surface area contributed by atoms with Crippen LogP contribution < -0.4 is 5.32 Å². The molecule has 0 aromatic carbocycles. The molecule has 1 fully saturated rings. The van der Waals surface area contributed by atoms with E-state index < -0.39 is 27.9 Å². The Labute approximate surface area is 100 Å². The van der Waals surface area contributed by atoms with Crippen molar-refractivity contribution in [1.82, 2.24) is 15.5 Å². The van der Waals surface area contributed by atoms with Gasteiger partial charge in [0.25, 0.3) is 5.82 Å². The van der Waals surface area contributed by atoms with Gasteiger partial charge in [-0.3, -0.25) is 0 Å². The van der Waals surface area contributed by atoms with Crippen LogP contribution in [-0.4, -0.2) is 42.7 Å². The first kappa shape index (κ1) is 13.3. The van der Waals surface area contributed by atoms with Gasteiger partial charge >= 0.3 is 6.18 Å². The quantitative estimate of drug-likeness (QED) is 0.824. The van der Waals surface area contributed by atoms with Crippen LogP contribution in [0.2, 0.25) is 0 Å². The maximum atomic E-state index is 12.2. The topological polar surface area (TPSA) is 85.1 Å². The third-order valence-corrected chi connectivity index (χ3v) is 4.18. The third-order valence-electron chi connectivity index (χ3n) is 2.44. The van der Waals surface area contributed by atoms with Crippen LogP contribution in [-0.2, 0) is 22.4 Å². The van der Waals surface area contributed by atoms with Crippen LogP contribution in [0.25, 0.3) is 0 Å². The van der Waals surface area contributed by atoms with Crippen LogP contribution in [0.4, 0.5) is 13.2 Å². The van der Waals surface area contributed by atoms with E-state index in [-0.39, 0.29) is 30.4 Å². The van der Waals surface area contributed by atoms with E-state index in [1.807, 2.05) is 0 Å². The molecule has 1 atom stereocenters. The summed E-state index contributed by atoms with van der Waals surface area (Å²) in [5, 5.41) is 5.68. The van der Waals surface area contributed by atoms with E-state index in [9.17, 15) is 21.6 Å². The fourth-order valence-corrected chi connectivity index (χ4v) is 3.11. The first-order chi connectivity index (χ1) is 8.26. The second-order valence-corrected chi connectivity index (χ2v) is 6.21. The van der Waals surface area contributed by atoms with Gasteiger partial charge in [-0.2, -0.15) is 18.2 Å². The summed E-state index contributed by atoms with van der Waals surface area (Å²) in [6.07, 6.45) is -4.70. The standard InChI is InChI=1S/C8H10F3N3O3S/c9-8(10,11)7-13-6(17-14-7)3-5-4-18(15,16)2-1-12-5/h5,12H,1-4H2. The molecule has 1 aromatic rings. The molecule has 1 aliphatic rings. The molecule has 0 aliphatic carbocycles. The first-order valence-corrected chi connectivity index (χ1v) is 6.92. The summed E-state index contributed by atoms with van der Waals surface area (Å²) in [7, 11) is -3.15. The molecule has 10 heteroatoms. The van der Waals surface area contributed by atoms with E-state index >= 15 is 0 Å². The summed E-state index contributed by atoms with van der Waals surface area (Å²) in [5.41, 5.74) is 0. The summed E-state index contributed by atoms with van der Waals surface area (Å²) < 4.78 is 63.7. The van der Waals surface area contributed by atoms with E-state index in [1.54, 1.807) is 0 Å². The fourth-order valence-electron chi connectivity index (χ4n) is 1.66.